The van der Waals surface area contributed by atoms with Crippen LogP contribution in [0.2, 0.25) is 0 Å². The second-order valence-electron chi connectivity index (χ2n) is 2.82. The molecule has 0 amide bonds. The van der Waals surface area contributed by atoms with Crippen LogP contribution in [0.25, 0.3) is 0 Å². The summed E-state index contributed by atoms with van der Waals surface area (Å²) in [6, 6.07) is 8.83. The van der Waals surface area contributed by atoms with Crippen molar-refractivity contribution in [2.45, 2.75) is 0 Å². The van der Waals surface area contributed by atoms with Gasteiger partial charge in [0.15, 0.2) is 0 Å². The van der Waals surface area contributed by atoms with E-state index in [2.05, 4.69) is 4.98 Å². The number of rotatable bonds is 2. The molecule has 0 unspecified atom stereocenters. The van der Waals surface area contributed by atoms with E-state index in [9.17, 15) is 0 Å². The number of hydrogen-bond acceptors (Lipinski definition) is 5. The van der Waals surface area contributed by atoms with Crippen LogP contribution in [0.4, 0.5) is 0 Å². The summed E-state index contributed by atoms with van der Waals surface area (Å²) >= 11 is 1.32. The zero-order valence-electron chi connectivity index (χ0n) is 8.04. The first-order valence-electron chi connectivity index (χ1n) is 4.34. The third-order valence-electron chi connectivity index (χ3n) is 1.88. The molecule has 0 saturated carbocycles. The number of thiazole rings is 1. The van der Waals surface area contributed by atoms with Crippen molar-refractivity contribution in [1.82, 2.24) is 4.98 Å². The minimum Gasteiger partial charge on any atom is -0.444 e. The molecule has 0 spiro atoms. The van der Waals surface area contributed by atoms with Crippen molar-refractivity contribution < 1.29 is 4.74 Å². The molecular weight excluding hydrogens is 222 g/mol. The molecule has 4 nitrogen and oxygen atoms in total. The molecule has 2 aromatic rings. The van der Waals surface area contributed by atoms with E-state index in [1.165, 1.54) is 11.3 Å². The maximum absolute atomic E-state index is 8.97. The van der Waals surface area contributed by atoms with Crippen molar-refractivity contribution in [2.75, 3.05) is 0 Å². The summed E-state index contributed by atoms with van der Waals surface area (Å²) in [6.45, 7) is 0. The summed E-state index contributed by atoms with van der Waals surface area (Å²) in [5.41, 5.74) is 2.19. The summed E-state index contributed by atoms with van der Waals surface area (Å²) in [6.07, 6.45) is 1.56. The minimum atomic E-state index is 0.249. The van der Waals surface area contributed by atoms with E-state index in [1.54, 1.807) is 29.9 Å². The van der Waals surface area contributed by atoms with E-state index in [0.717, 1.165) is 0 Å². The van der Waals surface area contributed by atoms with Gasteiger partial charge < -0.3 is 4.74 Å². The van der Waals surface area contributed by atoms with E-state index < -0.39 is 0 Å². The molecule has 2 rings (SSSR count). The van der Waals surface area contributed by atoms with Crippen LogP contribution in [-0.4, -0.2) is 4.98 Å². The Balaban J connectivity index is 2.43. The predicted molar refractivity (Wildman–Crippen MR) is 58.1 cm³/mol. The summed E-state index contributed by atoms with van der Waals surface area (Å²) < 4.78 is 5.47. The van der Waals surface area contributed by atoms with Crippen LogP contribution < -0.4 is 4.74 Å². The fraction of sp³-hybridized carbons (Fsp3) is 0. The lowest BCUT2D eigenvalue weighted by atomic mass is 10.1. The lowest BCUT2D eigenvalue weighted by Gasteiger charge is -2.04. The molecule has 0 saturated heterocycles. The molecule has 76 valence electrons. The Morgan fingerprint density at radius 1 is 1.25 bits per heavy atom. The zero-order valence-corrected chi connectivity index (χ0v) is 8.86. The third kappa shape index (κ3) is 1.85. The van der Waals surface area contributed by atoms with Crippen molar-refractivity contribution in [3.63, 3.8) is 0 Å². The Hall–Kier alpha value is -2.37. The molecule has 0 fully saturated rings. The van der Waals surface area contributed by atoms with Crippen molar-refractivity contribution in [3.05, 3.63) is 41.0 Å². The lowest BCUT2D eigenvalue weighted by Crippen LogP contribution is -1.89. The first-order chi connectivity index (χ1) is 7.85. The predicted octanol–water partition coefficient (Wildman–Crippen LogP) is 2.68. The SMILES string of the molecule is N#Cc1cccc(Oc2cncs2)c1C#N. The van der Waals surface area contributed by atoms with Crippen LogP contribution in [0.15, 0.2) is 29.9 Å². The van der Waals surface area contributed by atoms with Gasteiger partial charge in [0.25, 0.3) is 0 Å². The van der Waals surface area contributed by atoms with Gasteiger partial charge in [0.1, 0.15) is 23.5 Å². The van der Waals surface area contributed by atoms with Crippen LogP contribution >= 0.6 is 11.3 Å². The molecule has 0 atom stereocenters. The van der Waals surface area contributed by atoms with Crippen molar-refractivity contribution >= 4 is 11.3 Å². The molecule has 0 bridgehead atoms. The Morgan fingerprint density at radius 3 is 2.75 bits per heavy atom. The van der Waals surface area contributed by atoms with Crippen LogP contribution in [-0.2, 0) is 0 Å². The highest BCUT2D eigenvalue weighted by Crippen LogP contribution is 2.28. The Labute approximate surface area is 96.0 Å². The Kier molecular flexibility index (Phi) is 2.81. The molecule has 1 aromatic heterocycles. The first-order valence-corrected chi connectivity index (χ1v) is 5.22. The average Bonchev–Trinajstić information content (AvgIpc) is 2.81. The highest BCUT2D eigenvalue weighted by molar-refractivity contribution is 7.11. The van der Waals surface area contributed by atoms with Gasteiger partial charge in [-0.3, -0.25) is 0 Å². The summed E-state index contributed by atoms with van der Waals surface area (Å²) in [7, 11) is 0. The summed E-state index contributed by atoms with van der Waals surface area (Å²) in [4.78, 5) is 3.86. The van der Waals surface area contributed by atoms with Gasteiger partial charge in [-0.05, 0) is 12.1 Å². The molecule has 0 aliphatic rings. The van der Waals surface area contributed by atoms with Gasteiger partial charge in [-0.1, -0.05) is 17.4 Å². The van der Waals surface area contributed by atoms with Crippen molar-refractivity contribution in [1.29, 1.82) is 10.5 Å². The van der Waals surface area contributed by atoms with E-state index in [4.69, 9.17) is 15.3 Å². The van der Waals surface area contributed by atoms with Crippen LogP contribution in [0.5, 0.6) is 10.8 Å². The second-order valence-corrected chi connectivity index (χ2v) is 3.67. The van der Waals surface area contributed by atoms with Gasteiger partial charge in [0.2, 0.25) is 5.06 Å². The second kappa shape index (κ2) is 4.43. The Bertz CT molecular complexity index is 578. The van der Waals surface area contributed by atoms with Crippen molar-refractivity contribution in [3.8, 4) is 23.0 Å². The third-order valence-corrected chi connectivity index (χ3v) is 2.53. The van der Waals surface area contributed by atoms with Gasteiger partial charge >= 0.3 is 0 Å². The molecule has 1 aromatic carbocycles. The number of nitriles is 2. The standard InChI is InChI=1S/C11H5N3OS/c12-4-8-2-1-3-10(9(8)5-13)15-11-6-14-7-16-11/h1-3,6-7H. The number of hydrogen-bond donors (Lipinski definition) is 0. The fourth-order valence-corrected chi connectivity index (χ4v) is 1.67. The van der Waals surface area contributed by atoms with Crippen molar-refractivity contribution in [2.24, 2.45) is 0 Å². The van der Waals surface area contributed by atoms with Gasteiger partial charge in [-0.25, -0.2) is 4.98 Å². The zero-order chi connectivity index (χ0) is 11.4. The quantitative estimate of drug-likeness (QED) is 0.790. The topological polar surface area (TPSA) is 69.7 Å². The van der Waals surface area contributed by atoms with Gasteiger partial charge in [-0.15, -0.1) is 0 Å². The number of aromatic nitrogens is 1. The molecule has 16 heavy (non-hydrogen) atoms. The number of benzene rings is 1. The largest absolute Gasteiger partial charge is 0.444 e. The molecule has 0 aliphatic carbocycles. The first kappa shape index (κ1) is 10.2. The molecule has 0 N–H and O–H groups in total. The van der Waals surface area contributed by atoms with E-state index in [0.29, 0.717) is 16.4 Å². The fourth-order valence-electron chi connectivity index (χ4n) is 1.19. The maximum Gasteiger partial charge on any atom is 0.200 e. The Morgan fingerprint density at radius 2 is 2.12 bits per heavy atom. The van der Waals surface area contributed by atoms with E-state index in [-0.39, 0.29) is 5.56 Å². The van der Waals surface area contributed by atoms with Gasteiger partial charge in [-0.2, -0.15) is 10.5 Å². The average molecular weight is 227 g/mol. The summed E-state index contributed by atoms with van der Waals surface area (Å²) in [5.74, 6) is 0.380. The van der Waals surface area contributed by atoms with Crippen LogP contribution in [0.1, 0.15) is 11.1 Å². The minimum absolute atomic E-state index is 0.249. The molecule has 5 heteroatoms. The highest BCUT2D eigenvalue weighted by Gasteiger charge is 2.09. The summed E-state index contributed by atoms with van der Waals surface area (Å²) in [5, 5.41) is 18.4. The monoisotopic (exact) mass is 227 g/mol. The van der Waals surface area contributed by atoms with E-state index >= 15 is 0 Å². The maximum atomic E-state index is 8.97. The molecular formula is C11H5N3OS. The molecule has 0 aliphatic heterocycles. The lowest BCUT2D eigenvalue weighted by molar-refractivity contribution is 0.493. The number of nitrogens with zero attached hydrogens (tertiary/aromatic N) is 3. The van der Waals surface area contributed by atoms with Gasteiger partial charge in [0, 0.05) is 0 Å². The van der Waals surface area contributed by atoms with E-state index in [1.807, 2.05) is 12.1 Å². The smallest absolute Gasteiger partial charge is 0.200 e. The molecule has 1 heterocycles. The molecule has 0 radical (unpaired) electrons. The van der Waals surface area contributed by atoms with Crippen LogP contribution in [0.3, 0.4) is 0 Å². The normalized spacial score (nSPS) is 9.12. The van der Waals surface area contributed by atoms with Crippen LogP contribution in [0, 0.1) is 22.7 Å². The highest BCUT2D eigenvalue weighted by atomic mass is 32.1. The van der Waals surface area contributed by atoms with Gasteiger partial charge in [0.05, 0.1) is 17.3 Å². The number of ether oxygens (including phenoxy) is 1.